The van der Waals surface area contributed by atoms with Crippen molar-refractivity contribution in [3.63, 3.8) is 0 Å². The van der Waals surface area contributed by atoms with Gasteiger partial charge in [0.05, 0.1) is 10.6 Å². The quantitative estimate of drug-likeness (QED) is 0.295. The average molecular weight is 561 g/mol. The van der Waals surface area contributed by atoms with Gasteiger partial charge >= 0.3 is 0 Å². The number of hydrogen-bond donors (Lipinski definition) is 2. The van der Waals surface area contributed by atoms with Crippen molar-refractivity contribution in [1.29, 1.82) is 0 Å². The summed E-state index contributed by atoms with van der Waals surface area (Å²) in [6, 6.07) is 7.07. The molecule has 1 heterocycles. The number of rotatable bonds is 8. The monoisotopic (exact) mass is 560 g/mol. The summed E-state index contributed by atoms with van der Waals surface area (Å²) in [5.74, 6) is 1.12. The highest BCUT2D eigenvalue weighted by atomic mass is 127. The zero-order chi connectivity index (χ0) is 21.9. The van der Waals surface area contributed by atoms with Crippen molar-refractivity contribution < 1.29 is 8.42 Å². The first-order valence-electron chi connectivity index (χ1n) is 10.2. The summed E-state index contributed by atoms with van der Waals surface area (Å²) >= 11 is 0. The summed E-state index contributed by atoms with van der Waals surface area (Å²) in [6.07, 6.45) is 3.89. The molecule has 0 unspecified atom stereocenters. The van der Waals surface area contributed by atoms with Crippen LogP contribution in [0.2, 0.25) is 0 Å². The van der Waals surface area contributed by atoms with E-state index in [1.807, 2.05) is 37.1 Å². The van der Waals surface area contributed by atoms with Gasteiger partial charge in [-0.1, -0.05) is 26.0 Å². The van der Waals surface area contributed by atoms with Crippen LogP contribution in [0.3, 0.4) is 0 Å². The SMILES string of the molecule is CN=C(NCc1ccc(S(=O)(=O)NC2CC2)cc1)N(C)Cc1cn(C)nc1C(C)C.I. The molecular formula is C21H33IN6O2S. The van der Waals surface area contributed by atoms with E-state index in [0.717, 1.165) is 30.1 Å². The molecule has 0 radical (unpaired) electrons. The smallest absolute Gasteiger partial charge is 0.240 e. The first kappa shape index (κ1) is 25.6. The fourth-order valence-corrected chi connectivity index (χ4v) is 4.64. The third-order valence-electron chi connectivity index (χ3n) is 5.05. The number of nitrogens with one attached hydrogen (secondary N) is 2. The van der Waals surface area contributed by atoms with Crippen molar-refractivity contribution in [2.24, 2.45) is 12.0 Å². The van der Waals surface area contributed by atoms with Crippen LogP contribution in [-0.4, -0.2) is 49.2 Å². The maximum absolute atomic E-state index is 12.3. The van der Waals surface area contributed by atoms with Crippen LogP contribution in [0.1, 0.15) is 49.4 Å². The second kappa shape index (κ2) is 10.8. The van der Waals surface area contributed by atoms with Crippen LogP contribution in [0.4, 0.5) is 0 Å². The van der Waals surface area contributed by atoms with E-state index in [1.54, 1.807) is 19.2 Å². The molecule has 172 valence electrons. The van der Waals surface area contributed by atoms with E-state index in [0.29, 0.717) is 23.9 Å². The Balaban J connectivity index is 0.00000341. The molecule has 2 N–H and O–H groups in total. The third kappa shape index (κ3) is 6.91. The van der Waals surface area contributed by atoms with Gasteiger partial charge in [-0.15, -0.1) is 24.0 Å². The maximum Gasteiger partial charge on any atom is 0.240 e. The van der Waals surface area contributed by atoms with Gasteiger partial charge in [0.2, 0.25) is 10.0 Å². The number of aliphatic imine (C=N–C) groups is 1. The van der Waals surface area contributed by atoms with Gasteiger partial charge in [0.15, 0.2) is 5.96 Å². The van der Waals surface area contributed by atoms with Crippen LogP contribution in [0.25, 0.3) is 0 Å². The molecular weight excluding hydrogens is 527 g/mol. The van der Waals surface area contributed by atoms with E-state index < -0.39 is 10.0 Å². The number of aryl methyl sites for hydroxylation is 1. The Morgan fingerprint density at radius 2 is 1.94 bits per heavy atom. The van der Waals surface area contributed by atoms with Crippen molar-refractivity contribution in [1.82, 2.24) is 24.7 Å². The van der Waals surface area contributed by atoms with Crippen LogP contribution in [0, 0.1) is 0 Å². The average Bonchev–Trinajstić information content (AvgIpc) is 3.41. The molecule has 1 aliphatic carbocycles. The number of benzene rings is 1. The predicted molar refractivity (Wildman–Crippen MR) is 134 cm³/mol. The minimum atomic E-state index is -3.42. The molecule has 3 rings (SSSR count). The highest BCUT2D eigenvalue weighted by Crippen LogP contribution is 2.22. The number of nitrogens with zero attached hydrogens (tertiary/aromatic N) is 4. The fraction of sp³-hybridized carbons (Fsp3) is 0.524. The normalized spacial score (nSPS) is 14.5. The fourth-order valence-electron chi connectivity index (χ4n) is 3.33. The van der Waals surface area contributed by atoms with Gasteiger partial charge in [-0.3, -0.25) is 9.67 Å². The molecule has 31 heavy (non-hydrogen) atoms. The van der Waals surface area contributed by atoms with Crippen molar-refractivity contribution in [3.05, 3.63) is 47.3 Å². The van der Waals surface area contributed by atoms with Crippen LogP contribution in [-0.2, 0) is 30.2 Å². The lowest BCUT2D eigenvalue weighted by Gasteiger charge is -2.22. The molecule has 1 saturated carbocycles. The summed E-state index contributed by atoms with van der Waals surface area (Å²) in [7, 11) is 2.27. The molecule has 1 aromatic heterocycles. The summed E-state index contributed by atoms with van der Waals surface area (Å²) < 4.78 is 29.1. The second-order valence-corrected chi connectivity index (χ2v) is 9.88. The van der Waals surface area contributed by atoms with Gasteiger partial charge in [0.25, 0.3) is 0 Å². The lowest BCUT2D eigenvalue weighted by Crippen LogP contribution is -2.38. The van der Waals surface area contributed by atoms with Gasteiger partial charge in [0, 0.05) is 52.0 Å². The van der Waals surface area contributed by atoms with Crippen molar-refractivity contribution >= 4 is 40.0 Å². The largest absolute Gasteiger partial charge is 0.352 e. The summed E-state index contributed by atoms with van der Waals surface area (Å²) in [6.45, 7) is 5.54. The topological polar surface area (TPSA) is 91.6 Å². The van der Waals surface area contributed by atoms with E-state index >= 15 is 0 Å². The standard InChI is InChI=1S/C21H32N6O2S.HI/c1-15(2)20-17(14-27(5)24-20)13-26(4)21(22-3)23-12-16-6-10-19(11-7-16)30(28,29)25-18-8-9-18;/h6-7,10-11,14-15,18,25H,8-9,12-13H2,1-5H3,(H,22,23);1H. The Labute approximate surface area is 202 Å². The van der Waals surface area contributed by atoms with Crippen LogP contribution < -0.4 is 10.0 Å². The molecule has 0 saturated heterocycles. The summed E-state index contributed by atoms with van der Waals surface area (Å²) in [4.78, 5) is 6.74. The molecule has 0 atom stereocenters. The molecule has 0 spiro atoms. The number of halogens is 1. The number of aromatic nitrogens is 2. The van der Waals surface area contributed by atoms with E-state index in [4.69, 9.17) is 0 Å². The number of sulfonamides is 1. The second-order valence-electron chi connectivity index (χ2n) is 8.16. The van der Waals surface area contributed by atoms with Gasteiger partial charge in [-0.05, 0) is 36.5 Å². The van der Waals surface area contributed by atoms with E-state index in [9.17, 15) is 8.42 Å². The molecule has 0 amide bonds. The zero-order valence-corrected chi connectivity index (χ0v) is 21.9. The molecule has 10 heteroatoms. The van der Waals surface area contributed by atoms with E-state index in [2.05, 4.69) is 38.9 Å². The molecule has 1 aliphatic rings. The first-order valence-corrected chi connectivity index (χ1v) is 11.7. The van der Waals surface area contributed by atoms with Crippen molar-refractivity contribution in [3.8, 4) is 0 Å². The van der Waals surface area contributed by atoms with Crippen LogP contribution >= 0.6 is 24.0 Å². The Kier molecular flexibility index (Phi) is 8.90. The van der Waals surface area contributed by atoms with Crippen LogP contribution in [0.5, 0.6) is 0 Å². The lowest BCUT2D eigenvalue weighted by molar-refractivity contribution is 0.473. The van der Waals surface area contributed by atoms with Crippen molar-refractivity contribution in [2.75, 3.05) is 14.1 Å². The van der Waals surface area contributed by atoms with Gasteiger partial charge in [0.1, 0.15) is 0 Å². The van der Waals surface area contributed by atoms with E-state index in [1.165, 1.54) is 5.56 Å². The Bertz CT molecular complexity index is 997. The molecule has 1 aromatic carbocycles. The van der Waals surface area contributed by atoms with E-state index in [-0.39, 0.29) is 30.0 Å². The van der Waals surface area contributed by atoms with Gasteiger partial charge in [-0.25, -0.2) is 13.1 Å². The Hall–Kier alpha value is -1.66. The highest BCUT2D eigenvalue weighted by Gasteiger charge is 2.27. The molecule has 2 aromatic rings. The zero-order valence-electron chi connectivity index (χ0n) is 18.8. The first-order chi connectivity index (χ1) is 14.2. The lowest BCUT2D eigenvalue weighted by atomic mass is 10.1. The Morgan fingerprint density at radius 3 is 2.48 bits per heavy atom. The third-order valence-corrected chi connectivity index (χ3v) is 6.58. The maximum atomic E-state index is 12.3. The van der Waals surface area contributed by atoms with Crippen LogP contribution in [0.15, 0.2) is 40.4 Å². The minimum Gasteiger partial charge on any atom is -0.352 e. The predicted octanol–water partition coefficient (Wildman–Crippen LogP) is 2.81. The molecule has 1 fully saturated rings. The number of hydrogen-bond acceptors (Lipinski definition) is 4. The summed E-state index contributed by atoms with van der Waals surface area (Å²) in [5.41, 5.74) is 3.26. The Morgan fingerprint density at radius 1 is 1.29 bits per heavy atom. The molecule has 0 aliphatic heterocycles. The minimum absolute atomic E-state index is 0. The number of guanidine groups is 1. The molecule has 0 bridgehead atoms. The summed E-state index contributed by atoms with van der Waals surface area (Å²) in [5, 5.41) is 7.91. The highest BCUT2D eigenvalue weighted by molar-refractivity contribution is 14.0. The molecule has 8 nitrogen and oxygen atoms in total. The van der Waals surface area contributed by atoms with Gasteiger partial charge < -0.3 is 10.2 Å². The van der Waals surface area contributed by atoms with Crippen molar-refractivity contribution in [2.45, 2.75) is 56.6 Å². The van der Waals surface area contributed by atoms with Gasteiger partial charge in [-0.2, -0.15) is 5.10 Å².